The van der Waals surface area contributed by atoms with E-state index in [2.05, 4.69) is 79.9 Å². The van der Waals surface area contributed by atoms with Crippen molar-refractivity contribution in [2.75, 3.05) is 67.5 Å². The predicted octanol–water partition coefficient (Wildman–Crippen LogP) is 6.89. The van der Waals surface area contributed by atoms with Crippen molar-refractivity contribution >= 4 is 57.9 Å². The Kier molecular flexibility index (Phi) is 12.3. The number of carbonyl (C=O) groups is 5. The Morgan fingerprint density at radius 1 is 0.836 bits per heavy atom. The topological polar surface area (TPSA) is 169 Å². The summed E-state index contributed by atoms with van der Waals surface area (Å²) in [4.78, 5) is 93.1. The van der Waals surface area contributed by atoms with E-state index in [9.17, 15) is 23.6 Å². The lowest BCUT2D eigenvalue weighted by Gasteiger charge is -2.49. The Morgan fingerprint density at radius 3 is 2.27 bits per heavy atom. The summed E-state index contributed by atoms with van der Waals surface area (Å²) in [6.45, 7) is 11.2. The minimum absolute atomic E-state index is 0.0112. The van der Waals surface area contributed by atoms with Crippen LogP contribution in [0.25, 0.3) is 22.3 Å². The monoisotopic (exact) mass is 996 g/mol. The minimum Gasteiger partial charge on any atom is -0.366 e. The first kappa shape index (κ1) is 48.0. The number of imide groups is 1. The molecular weight excluding hydrogens is 926 g/mol. The van der Waals surface area contributed by atoms with Crippen LogP contribution in [-0.2, 0) is 29.4 Å². The number of carbonyl (C=O) groups excluding carboxylic acids is 5. The highest BCUT2D eigenvalue weighted by Crippen LogP contribution is 2.53. The fourth-order valence-corrected chi connectivity index (χ4v) is 13.4. The van der Waals surface area contributed by atoms with E-state index < -0.39 is 17.0 Å². The summed E-state index contributed by atoms with van der Waals surface area (Å²) < 4.78 is 16.8. The molecular formula is C56H70FN11O5. The van der Waals surface area contributed by atoms with E-state index in [-0.39, 0.29) is 59.5 Å². The van der Waals surface area contributed by atoms with E-state index in [1.54, 1.807) is 6.20 Å². The second-order valence-corrected chi connectivity index (χ2v) is 23.3. The number of aromatic nitrogens is 4. The van der Waals surface area contributed by atoms with E-state index >= 15 is 4.79 Å². The van der Waals surface area contributed by atoms with Crippen molar-refractivity contribution in [1.29, 1.82) is 0 Å². The lowest BCUT2D eigenvalue weighted by molar-refractivity contribution is -0.150. The molecule has 73 heavy (non-hydrogen) atoms. The number of nitrogens with zero attached hydrogens (tertiary/aromatic N) is 9. The maximum absolute atomic E-state index is 15.3. The third-order valence-corrected chi connectivity index (χ3v) is 18.3. The van der Waals surface area contributed by atoms with Gasteiger partial charge in [-0.25, -0.2) is 19.3 Å². The number of benzene rings is 1. The van der Waals surface area contributed by atoms with Crippen LogP contribution in [0, 0.1) is 11.3 Å². The highest BCUT2D eigenvalue weighted by atomic mass is 19.1. The van der Waals surface area contributed by atoms with Crippen molar-refractivity contribution in [3.05, 3.63) is 60.0 Å². The maximum atomic E-state index is 15.3. The molecule has 2 saturated carbocycles. The van der Waals surface area contributed by atoms with Crippen molar-refractivity contribution in [1.82, 2.24) is 39.5 Å². The number of anilines is 3. The van der Waals surface area contributed by atoms with Crippen molar-refractivity contribution in [3.63, 3.8) is 0 Å². The van der Waals surface area contributed by atoms with Crippen LogP contribution in [0.3, 0.4) is 0 Å². The average molecular weight is 996 g/mol. The van der Waals surface area contributed by atoms with Crippen LogP contribution >= 0.6 is 0 Å². The third-order valence-electron chi connectivity index (χ3n) is 18.3. The molecule has 1 unspecified atom stereocenters. The predicted molar refractivity (Wildman–Crippen MR) is 276 cm³/mol. The Balaban J connectivity index is 0.708. The molecule has 9 heterocycles. The van der Waals surface area contributed by atoms with Crippen LogP contribution in [0.5, 0.6) is 0 Å². The molecule has 5 saturated heterocycles. The van der Waals surface area contributed by atoms with Gasteiger partial charge in [0.2, 0.25) is 29.5 Å². The van der Waals surface area contributed by atoms with Gasteiger partial charge in [0, 0.05) is 105 Å². The molecule has 2 atom stereocenters. The number of nitrogens with one attached hydrogen (secondary N) is 2. The molecule has 5 amide bonds. The molecule has 1 spiro atoms. The van der Waals surface area contributed by atoms with Crippen molar-refractivity contribution in [2.24, 2.45) is 11.3 Å². The number of rotatable bonds is 10. The molecule has 12 rings (SSSR count). The van der Waals surface area contributed by atoms with Crippen LogP contribution in [-0.4, -0.2) is 140 Å². The van der Waals surface area contributed by atoms with Crippen LogP contribution in [0.4, 0.5) is 21.7 Å². The van der Waals surface area contributed by atoms with Gasteiger partial charge in [-0.3, -0.25) is 34.2 Å². The first-order valence-electron chi connectivity index (χ1n) is 27.4. The van der Waals surface area contributed by atoms with Gasteiger partial charge in [0.1, 0.15) is 17.5 Å². The molecule has 17 heteroatoms. The van der Waals surface area contributed by atoms with E-state index in [1.165, 1.54) is 0 Å². The Bertz CT molecular complexity index is 2820. The van der Waals surface area contributed by atoms with Crippen LogP contribution in [0.15, 0.2) is 48.9 Å². The smallest absolute Gasteiger partial charge is 0.238 e. The summed E-state index contributed by atoms with van der Waals surface area (Å²) in [7, 11) is 0. The third kappa shape index (κ3) is 8.74. The van der Waals surface area contributed by atoms with E-state index in [0.717, 1.165) is 89.4 Å². The van der Waals surface area contributed by atoms with Gasteiger partial charge in [-0.05, 0) is 133 Å². The normalized spacial score (nSPS) is 26.6. The van der Waals surface area contributed by atoms with Gasteiger partial charge >= 0.3 is 0 Å². The van der Waals surface area contributed by atoms with Crippen molar-refractivity contribution < 1.29 is 28.4 Å². The van der Waals surface area contributed by atoms with Gasteiger partial charge in [0.25, 0.3) is 0 Å². The number of likely N-dealkylation sites (tertiary alicyclic amines) is 3. The number of hydrogen-bond acceptors (Lipinski definition) is 11. The molecule has 0 bridgehead atoms. The van der Waals surface area contributed by atoms with Gasteiger partial charge < -0.3 is 29.5 Å². The van der Waals surface area contributed by atoms with Gasteiger partial charge in [-0.1, -0.05) is 25.1 Å². The second-order valence-electron chi connectivity index (χ2n) is 23.3. The number of alkyl halides is 1. The Labute approximate surface area is 426 Å². The zero-order chi connectivity index (χ0) is 50.3. The summed E-state index contributed by atoms with van der Waals surface area (Å²) >= 11 is 0. The summed E-state index contributed by atoms with van der Waals surface area (Å²) in [5.41, 5.74) is 5.05. The SMILES string of the molecule is CC(C)n1cnc2cc(-c3ccc4c(c3)N([C@H]3C[C@@H](N5CCC[C@@H](F)C5)C3)C(=O)C43CCN(C(=O)C4(C)CCN(C(=O)C5CCN(c6ccc(C7CCC(=O)NC7=O)cn6)CC5)CC4)CC3)nc(NC3CC3)c21. The fraction of sp³-hybridized carbons (Fsp3) is 0.607. The molecule has 1 aromatic carbocycles. The number of amides is 5. The first-order chi connectivity index (χ1) is 35.2. The lowest BCUT2D eigenvalue weighted by Crippen LogP contribution is -2.59. The van der Waals surface area contributed by atoms with Crippen LogP contribution in [0.1, 0.15) is 134 Å². The molecule has 7 fully saturated rings. The average Bonchev–Trinajstić information content (AvgIpc) is 4.05. The second kappa shape index (κ2) is 18.8. The summed E-state index contributed by atoms with van der Waals surface area (Å²) in [5, 5.41) is 6.11. The Hall–Kier alpha value is -5.97. The van der Waals surface area contributed by atoms with Gasteiger partial charge in [-0.2, -0.15) is 0 Å². The van der Waals surface area contributed by atoms with Crippen molar-refractivity contribution in [3.8, 4) is 11.3 Å². The number of piperidine rings is 5. The molecule has 16 nitrogen and oxygen atoms in total. The summed E-state index contributed by atoms with van der Waals surface area (Å²) in [6.07, 6.45) is 12.7. The van der Waals surface area contributed by atoms with E-state index in [1.807, 2.05) is 28.3 Å². The largest absolute Gasteiger partial charge is 0.366 e. The number of pyridine rings is 2. The molecule has 6 aliphatic heterocycles. The van der Waals surface area contributed by atoms with E-state index in [0.29, 0.717) is 110 Å². The molecule has 2 N–H and O–H groups in total. The molecule has 3 aromatic heterocycles. The molecule has 8 aliphatic rings. The highest BCUT2D eigenvalue weighted by Gasteiger charge is 2.57. The highest BCUT2D eigenvalue weighted by molar-refractivity contribution is 6.09. The lowest BCUT2D eigenvalue weighted by atomic mass is 9.72. The summed E-state index contributed by atoms with van der Waals surface area (Å²) in [5.74, 6) is 1.08. The molecule has 4 aromatic rings. The van der Waals surface area contributed by atoms with Gasteiger partial charge in [-0.15, -0.1) is 0 Å². The number of imidazole rings is 1. The first-order valence-corrected chi connectivity index (χ1v) is 27.4. The fourth-order valence-electron chi connectivity index (χ4n) is 13.4. The zero-order valence-electron chi connectivity index (χ0n) is 42.7. The van der Waals surface area contributed by atoms with Crippen molar-refractivity contribution in [2.45, 2.75) is 152 Å². The van der Waals surface area contributed by atoms with Crippen LogP contribution < -0.4 is 20.4 Å². The minimum atomic E-state index is -0.796. The van der Waals surface area contributed by atoms with Gasteiger partial charge in [0.05, 0.1) is 28.9 Å². The summed E-state index contributed by atoms with van der Waals surface area (Å²) in [6, 6.07) is 13.2. The quantitative estimate of drug-likeness (QED) is 0.159. The zero-order valence-corrected chi connectivity index (χ0v) is 42.7. The molecule has 0 radical (unpaired) electrons. The number of fused-ring (bicyclic) bond motifs is 3. The Morgan fingerprint density at radius 2 is 1.59 bits per heavy atom. The maximum Gasteiger partial charge on any atom is 0.238 e. The van der Waals surface area contributed by atoms with Crippen LogP contribution in [0.2, 0.25) is 0 Å². The van der Waals surface area contributed by atoms with Gasteiger partial charge in [0.15, 0.2) is 5.82 Å². The number of hydrogen-bond donors (Lipinski definition) is 2. The van der Waals surface area contributed by atoms with E-state index in [4.69, 9.17) is 9.97 Å². The standard InChI is InChI=1S/C56H70FN11O5/c1-34(2)67-33-59-45-30-44(61-50(49(45)67)60-39-8-9-39)36-6-11-43-46(27-36)68(41-28-40(29-41)66-20-4-5-38(57)32-66)54(73)56(43)18-25-65(26-19-56)53(72)55(3)16-23-64(24-17-55)52(71)35-14-21-63(22-15-35)47-12-7-37(31-58-47)42-10-13-48(69)62-51(42)70/h6-7,11-12,27,30-31,33-35,38-42H,4-5,8-10,13-26,28-29,32H2,1-3H3,(H,60,61)(H,62,69,70)/t38-,40-,41+,42?/m1/s1. The molecule has 2 aliphatic carbocycles. The number of halogens is 1. The molecule has 386 valence electrons.